The van der Waals surface area contributed by atoms with Gasteiger partial charge in [0.2, 0.25) is 10.0 Å². The van der Waals surface area contributed by atoms with E-state index in [1.54, 1.807) is 6.07 Å². The summed E-state index contributed by atoms with van der Waals surface area (Å²) in [6.07, 6.45) is 0.743. The Morgan fingerprint density at radius 2 is 1.90 bits per heavy atom. The standard InChI is InChI=1S/C14H26N2O2S2/c1-10(2)8-11(9-15)16-20(17,18)13-7-6-12(19-13)14(3,4)5/h6-7,10-11,16H,8-9,15H2,1-5H3. The summed E-state index contributed by atoms with van der Waals surface area (Å²) < 4.78 is 27.8. The Morgan fingerprint density at radius 3 is 2.30 bits per heavy atom. The second-order valence-corrected chi connectivity index (χ2v) is 9.58. The molecule has 0 bridgehead atoms. The van der Waals surface area contributed by atoms with Crippen molar-refractivity contribution in [3.63, 3.8) is 0 Å². The van der Waals surface area contributed by atoms with Crippen LogP contribution in [0.15, 0.2) is 16.3 Å². The zero-order chi connectivity index (χ0) is 15.6. The van der Waals surface area contributed by atoms with Crippen molar-refractivity contribution >= 4 is 21.4 Å². The van der Waals surface area contributed by atoms with Crippen LogP contribution in [0.5, 0.6) is 0 Å². The number of hydrogen-bond donors (Lipinski definition) is 2. The second-order valence-electron chi connectivity index (χ2n) is 6.55. The lowest BCUT2D eigenvalue weighted by Crippen LogP contribution is -2.40. The Bertz CT molecular complexity index is 528. The number of hydrogen-bond acceptors (Lipinski definition) is 4. The minimum absolute atomic E-state index is 0.0381. The molecule has 1 aromatic rings. The molecule has 0 aliphatic carbocycles. The van der Waals surface area contributed by atoms with Crippen LogP contribution in [-0.4, -0.2) is 21.0 Å². The first-order valence-corrected chi connectivity index (χ1v) is 9.19. The Hall–Kier alpha value is -0.430. The monoisotopic (exact) mass is 318 g/mol. The fourth-order valence-electron chi connectivity index (χ4n) is 1.91. The van der Waals surface area contributed by atoms with Crippen LogP contribution in [0, 0.1) is 5.92 Å². The summed E-state index contributed by atoms with van der Waals surface area (Å²) in [4.78, 5) is 1.06. The summed E-state index contributed by atoms with van der Waals surface area (Å²) in [5.41, 5.74) is 5.62. The molecule has 0 saturated heterocycles. The summed E-state index contributed by atoms with van der Waals surface area (Å²) in [6, 6.07) is 3.36. The van der Waals surface area contributed by atoms with Crippen molar-refractivity contribution in [3.8, 4) is 0 Å². The molecule has 0 aromatic carbocycles. The van der Waals surface area contributed by atoms with Crippen LogP contribution in [0.1, 0.15) is 45.9 Å². The average Bonchev–Trinajstić information content (AvgIpc) is 2.76. The Kier molecular flexibility index (Phi) is 5.78. The molecule has 3 N–H and O–H groups in total. The molecule has 1 rings (SSSR count). The van der Waals surface area contributed by atoms with Gasteiger partial charge in [0.1, 0.15) is 4.21 Å². The molecule has 0 fully saturated rings. The molecule has 1 atom stereocenters. The number of rotatable bonds is 6. The van der Waals surface area contributed by atoms with Crippen LogP contribution in [0.4, 0.5) is 0 Å². The molecule has 20 heavy (non-hydrogen) atoms. The minimum atomic E-state index is -3.47. The lowest BCUT2D eigenvalue weighted by Gasteiger charge is -2.18. The average molecular weight is 319 g/mol. The van der Waals surface area contributed by atoms with Crippen LogP contribution < -0.4 is 10.5 Å². The maximum absolute atomic E-state index is 12.4. The van der Waals surface area contributed by atoms with Crippen molar-refractivity contribution < 1.29 is 8.42 Å². The van der Waals surface area contributed by atoms with Crippen molar-refractivity contribution in [1.82, 2.24) is 4.72 Å². The minimum Gasteiger partial charge on any atom is -0.329 e. The first-order chi connectivity index (χ1) is 9.06. The van der Waals surface area contributed by atoms with E-state index in [1.807, 2.05) is 6.07 Å². The largest absolute Gasteiger partial charge is 0.329 e. The van der Waals surface area contributed by atoms with Crippen LogP contribution in [0.3, 0.4) is 0 Å². The summed E-state index contributed by atoms with van der Waals surface area (Å²) in [5, 5.41) is 0. The third-order valence-corrected chi connectivity index (χ3v) is 6.47. The first kappa shape index (κ1) is 17.6. The van der Waals surface area contributed by atoms with Gasteiger partial charge in [-0.2, -0.15) is 0 Å². The van der Waals surface area contributed by atoms with Gasteiger partial charge in [-0.15, -0.1) is 11.3 Å². The van der Waals surface area contributed by atoms with E-state index in [1.165, 1.54) is 11.3 Å². The topological polar surface area (TPSA) is 72.2 Å². The summed E-state index contributed by atoms with van der Waals surface area (Å²) in [6.45, 7) is 10.6. The van der Waals surface area contributed by atoms with Crippen LogP contribution in [0.2, 0.25) is 0 Å². The van der Waals surface area contributed by atoms with E-state index in [-0.39, 0.29) is 11.5 Å². The van der Waals surface area contributed by atoms with Gasteiger partial charge in [-0.3, -0.25) is 0 Å². The van der Waals surface area contributed by atoms with E-state index in [2.05, 4.69) is 39.3 Å². The van der Waals surface area contributed by atoms with Gasteiger partial charge in [-0.1, -0.05) is 34.6 Å². The van der Waals surface area contributed by atoms with Gasteiger partial charge in [0.15, 0.2) is 0 Å². The summed E-state index contributed by atoms with van der Waals surface area (Å²) in [5.74, 6) is 0.403. The van der Waals surface area contributed by atoms with Gasteiger partial charge in [0, 0.05) is 17.5 Å². The van der Waals surface area contributed by atoms with Crippen molar-refractivity contribution in [2.75, 3.05) is 6.54 Å². The smallest absolute Gasteiger partial charge is 0.250 e. The fourth-order valence-corrected chi connectivity index (χ4v) is 4.55. The van der Waals surface area contributed by atoms with Crippen molar-refractivity contribution in [1.29, 1.82) is 0 Å². The van der Waals surface area contributed by atoms with E-state index in [0.717, 1.165) is 11.3 Å². The summed E-state index contributed by atoms with van der Waals surface area (Å²) >= 11 is 1.33. The van der Waals surface area contributed by atoms with Crippen molar-refractivity contribution in [3.05, 3.63) is 17.0 Å². The highest BCUT2D eigenvalue weighted by atomic mass is 32.2. The van der Waals surface area contributed by atoms with Gasteiger partial charge in [-0.25, -0.2) is 13.1 Å². The molecule has 0 amide bonds. The molecule has 0 saturated carbocycles. The maximum Gasteiger partial charge on any atom is 0.250 e. The van der Waals surface area contributed by atoms with Gasteiger partial charge >= 0.3 is 0 Å². The Morgan fingerprint density at radius 1 is 1.30 bits per heavy atom. The highest BCUT2D eigenvalue weighted by Gasteiger charge is 2.24. The molecular weight excluding hydrogens is 292 g/mol. The highest BCUT2D eigenvalue weighted by molar-refractivity contribution is 7.91. The lowest BCUT2D eigenvalue weighted by atomic mass is 9.95. The van der Waals surface area contributed by atoms with E-state index in [0.29, 0.717) is 16.7 Å². The zero-order valence-corrected chi connectivity index (χ0v) is 14.6. The van der Waals surface area contributed by atoms with E-state index >= 15 is 0 Å². The van der Waals surface area contributed by atoms with E-state index < -0.39 is 10.0 Å². The molecule has 1 heterocycles. The third-order valence-electron chi connectivity index (χ3n) is 2.95. The van der Waals surface area contributed by atoms with Crippen LogP contribution >= 0.6 is 11.3 Å². The second kappa shape index (κ2) is 6.56. The van der Waals surface area contributed by atoms with Crippen molar-refractivity contribution in [2.45, 2.75) is 56.7 Å². The molecule has 0 aliphatic rings. The summed E-state index contributed by atoms with van der Waals surface area (Å²) in [7, 11) is -3.47. The lowest BCUT2D eigenvalue weighted by molar-refractivity contribution is 0.465. The Labute approximate surface area is 126 Å². The number of nitrogens with two attached hydrogens (primary N) is 1. The zero-order valence-electron chi connectivity index (χ0n) is 12.9. The molecule has 1 unspecified atom stereocenters. The predicted molar refractivity (Wildman–Crippen MR) is 85.6 cm³/mol. The molecular formula is C14H26N2O2S2. The predicted octanol–water partition coefficient (Wildman–Crippen LogP) is 2.70. The quantitative estimate of drug-likeness (QED) is 0.847. The number of nitrogens with one attached hydrogen (secondary N) is 1. The van der Waals surface area contributed by atoms with Crippen molar-refractivity contribution in [2.24, 2.45) is 11.7 Å². The fraction of sp³-hybridized carbons (Fsp3) is 0.714. The molecule has 1 aromatic heterocycles. The normalized spacial score (nSPS) is 14.8. The Balaban J connectivity index is 2.91. The van der Waals surface area contributed by atoms with Gasteiger partial charge in [0.05, 0.1) is 0 Å². The molecule has 0 radical (unpaired) electrons. The molecule has 0 aliphatic heterocycles. The molecule has 6 heteroatoms. The number of thiophene rings is 1. The van der Waals surface area contributed by atoms with E-state index in [4.69, 9.17) is 5.73 Å². The molecule has 116 valence electrons. The molecule has 4 nitrogen and oxygen atoms in total. The third kappa shape index (κ3) is 4.84. The van der Waals surface area contributed by atoms with Gasteiger partial charge in [0.25, 0.3) is 0 Å². The highest BCUT2D eigenvalue weighted by Crippen LogP contribution is 2.31. The van der Waals surface area contributed by atoms with Crippen LogP contribution in [0.25, 0.3) is 0 Å². The van der Waals surface area contributed by atoms with Gasteiger partial charge in [-0.05, 0) is 29.9 Å². The number of sulfonamides is 1. The molecule has 0 spiro atoms. The van der Waals surface area contributed by atoms with Gasteiger partial charge < -0.3 is 5.73 Å². The SMILES string of the molecule is CC(C)CC(CN)NS(=O)(=O)c1ccc(C(C)(C)C)s1. The maximum atomic E-state index is 12.4. The van der Waals surface area contributed by atoms with E-state index in [9.17, 15) is 8.42 Å². The first-order valence-electron chi connectivity index (χ1n) is 6.89. The van der Waals surface area contributed by atoms with Crippen LogP contribution in [-0.2, 0) is 15.4 Å².